The maximum atomic E-state index is 3.26. The molecule has 0 fully saturated rings. The Labute approximate surface area is 165 Å². The van der Waals surface area contributed by atoms with Crippen molar-refractivity contribution in [2.24, 2.45) is 11.8 Å². The van der Waals surface area contributed by atoms with Gasteiger partial charge in [0.25, 0.3) is 0 Å². The summed E-state index contributed by atoms with van der Waals surface area (Å²) in [7, 11) is 0. The van der Waals surface area contributed by atoms with E-state index in [2.05, 4.69) is 77.2 Å². The van der Waals surface area contributed by atoms with E-state index in [1.165, 1.54) is 11.1 Å². The maximum absolute atomic E-state index is 3.26. The van der Waals surface area contributed by atoms with E-state index >= 15 is 0 Å². The number of allylic oxidation sites excluding steroid dienone is 8. The first-order chi connectivity index (χ1) is 9.34. The van der Waals surface area contributed by atoms with Crippen LogP contribution in [0.25, 0.3) is 0 Å². The van der Waals surface area contributed by atoms with E-state index in [0.29, 0.717) is 11.8 Å². The fourth-order valence-electron chi connectivity index (χ4n) is 1.64. The standard InChI is InChI=1S/2C8H11.C2H6Si.2ClH.Zr/c2*1-7(2)8-5-3-4-6-8;1-3-2;;;/h2*3,5,7H,4H2,1-2H3;1-2H3;2*1H;/q2*-1;;;;+2. The van der Waals surface area contributed by atoms with Crippen LogP contribution >= 0.6 is 24.8 Å². The molecule has 2 rings (SSSR count). The Balaban J connectivity index is -0.000000249. The second kappa shape index (κ2) is 16.5. The molecule has 0 bridgehead atoms. The zero-order valence-electron chi connectivity index (χ0n) is 14.7. The van der Waals surface area contributed by atoms with Crippen LogP contribution in [0.1, 0.15) is 40.5 Å². The Morgan fingerprint density at radius 1 is 0.864 bits per heavy atom. The molecule has 0 aromatic carbocycles. The molecule has 0 nitrogen and oxygen atoms in total. The SMILES string of the molecule is CC(C)C1=[C-]CC=C1.CC(C)C1=[C-]CC=C1.C[Si](C)=[Zr+2].Cl.Cl. The van der Waals surface area contributed by atoms with Gasteiger partial charge >= 0.3 is 41.9 Å². The predicted octanol–water partition coefficient (Wildman–Crippen LogP) is 6.29. The van der Waals surface area contributed by atoms with E-state index in [-0.39, 0.29) is 30.2 Å². The molecule has 4 heteroatoms. The minimum atomic E-state index is 0. The Bertz CT molecular complexity index is 381. The van der Waals surface area contributed by atoms with Crippen molar-refractivity contribution in [2.75, 3.05) is 0 Å². The molecular formula is C18H30Cl2SiZr. The van der Waals surface area contributed by atoms with Crippen LogP contribution in [-0.2, 0) is 23.3 Å². The van der Waals surface area contributed by atoms with Crippen LogP contribution in [0.5, 0.6) is 0 Å². The number of hydrogen-bond donors (Lipinski definition) is 0. The normalized spacial score (nSPS) is 14.1. The molecule has 0 spiro atoms. The first kappa shape index (κ1) is 27.5. The Morgan fingerprint density at radius 2 is 1.14 bits per heavy atom. The van der Waals surface area contributed by atoms with E-state index in [1.54, 1.807) is 23.3 Å². The Hall–Kier alpha value is 0.640. The quantitative estimate of drug-likeness (QED) is 0.352. The van der Waals surface area contributed by atoms with E-state index in [4.69, 9.17) is 0 Å². The molecule has 22 heavy (non-hydrogen) atoms. The van der Waals surface area contributed by atoms with Gasteiger partial charge in [0, 0.05) is 0 Å². The number of hydrogen-bond acceptors (Lipinski definition) is 0. The van der Waals surface area contributed by atoms with Gasteiger partial charge in [0.05, 0.1) is 0 Å². The van der Waals surface area contributed by atoms with E-state index < -0.39 is 0 Å². The molecule has 2 aliphatic carbocycles. The summed E-state index contributed by atoms with van der Waals surface area (Å²) in [5.41, 5.74) is 2.94. The molecule has 0 unspecified atom stereocenters. The second-order valence-electron chi connectivity index (χ2n) is 5.79. The van der Waals surface area contributed by atoms with Gasteiger partial charge in [-0.1, -0.05) is 39.5 Å². The fourth-order valence-corrected chi connectivity index (χ4v) is 1.64. The molecule has 0 saturated carbocycles. The first-order valence-electron chi connectivity index (χ1n) is 7.40. The van der Waals surface area contributed by atoms with Crippen molar-refractivity contribution in [3.8, 4) is 0 Å². The topological polar surface area (TPSA) is 0 Å². The molecule has 0 N–H and O–H groups in total. The van der Waals surface area contributed by atoms with Crippen LogP contribution in [0.4, 0.5) is 0 Å². The van der Waals surface area contributed by atoms with Gasteiger partial charge in [-0.05, 0) is 0 Å². The summed E-state index contributed by atoms with van der Waals surface area (Å²) in [5, 5.41) is 0. The van der Waals surface area contributed by atoms with Gasteiger partial charge in [0.1, 0.15) is 0 Å². The smallest absolute Gasteiger partial charge is 0.147 e. The van der Waals surface area contributed by atoms with Crippen LogP contribution in [0.3, 0.4) is 0 Å². The first-order valence-corrected chi connectivity index (χ1v) is 13.6. The minimum absolute atomic E-state index is 0. The minimum Gasteiger partial charge on any atom is -0.147 e. The number of halogens is 2. The van der Waals surface area contributed by atoms with Gasteiger partial charge in [0.2, 0.25) is 0 Å². The summed E-state index contributed by atoms with van der Waals surface area (Å²) < 4.78 is 0. The molecular weight excluding hydrogens is 406 g/mol. The van der Waals surface area contributed by atoms with Crippen molar-refractivity contribution < 1.29 is 23.3 Å². The van der Waals surface area contributed by atoms with Crippen molar-refractivity contribution in [3.63, 3.8) is 0 Å². The third-order valence-corrected chi connectivity index (χ3v) is 2.69. The molecule has 0 aliphatic heterocycles. The van der Waals surface area contributed by atoms with Crippen molar-refractivity contribution in [1.29, 1.82) is 0 Å². The summed E-state index contributed by atoms with van der Waals surface area (Å²) in [6.07, 6.45) is 17.2. The van der Waals surface area contributed by atoms with Gasteiger partial charge in [-0.15, -0.1) is 37.7 Å². The van der Waals surface area contributed by atoms with E-state index in [0.717, 1.165) is 12.8 Å². The van der Waals surface area contributed by atoms with Crippen LogP contribution in [0.2, 0.25) is 13.1 Å². The van der Waals surface area contributed by atoms with Crippen molar-refractivity contribution in [2.45, 2.75) is 53.6 Å². The van der Waals surface area contributed by atoms with Crippen molar-refractivity contribution in [3.05, 3.63) is 47.6 Å². The zero-order chi connectivity index (χ0) is 15.5. The molecule has 2 aliphatic rings. The maximum Gasteiger partial charge on any atom is -0.147 e. The summed E-state index contributed by atoms with van der Waals surface area (Å²) in [5.74, 6) is 1.32. The molecule has 0 heterocycles. The van der Waals surface area contributed by atoms with Gasteiger partial charge in [-0.3, -0.25) is 12.2 Å². The van der Waals surface area contributed by atoms with Crippen molar-refractivity contribution >= 4 is 30.2 Å². The third kappa shape index (κ3) is 15.5. The average Bonchev–Trinajstić information content (AvgIpc) is 3.03. The van der Waals surface area contributed by atoms with Gasteiger partial charge in [-0.25, -0.2) is 23.3 Å². The molecule has 0 radical (unpaired) electrons. The molecule has 0 saturated heterocycles. The van der Waals surface area contributed by atoms with E-state index in [1.807, 2.05) is 0 Å². The predicted molar refractivity (Wildman–Crippen MR) is 103 cm³/mol. The van der Waals surface area contributed by atoms with Crippen LogP contribution in [0, 0.1) is 24.0 Å². The Morgan fingerprint density at radius 3 is 1.23 bits per heavy atom. The summed E-state index contributed by atoms with van der Waals surface area (Å²) in [4.78, 5) is 0. The average molecular weight is 437 g/mol. The Kier molecular flexibility index (Phi) is 20.6. The fraction of sp³-hybridized carbons (Fsp3) is 0.556. The molecule has 0 aromatic heterocycles. The molecule has 0 amide bonds. The molecule has 124 valence electrons. The van der Waals surface area contributed by atoms with Crippen LogP contribution < -0.4 is 0 Å². The van der Waals surface area contributed by atoms with Gasteiger partial charge < -0.3 is 0 Å². The summed E-state index contributed by atoms with van der Waals surface area (Å²) >= 11 is 1.74. The molecule has 0 atom stereocenters. The van der Waals surface area contributed by atoms with Gasteiger partial charge in [-0.2, -0.15) is 12.2 Å². The summed E-state index contributed by atoms with van der Waals surface area (Å²) in [6.45, 7) is 13.4. The largest absolute Gasteiger partial charge is 0.147 e. The monoisotopic (exact) mass is 434 g/mol. The van der Waals surface area contributed by atoms with Crippen LogP contribution in [-0.4, -0.2) is 5.43 Å². The molecule has 0 aromatic rings. The zero-order valence-corrected chi connectivity index (χ0v) is 19.8. The van der Waals surface area contributed by atoms with Crippen LogP contribution in [0.15, 0.2) is 35.5 Å². The third-order valence-electron chi connectivity index (χ3n) is 2.69. The second-order valence-corrected chi connectivity index (χ2v) is 15.2. The van der Waals surface area contributed by atoms with Gasteiger partial charge in [0.15, 0.2) is 0 Å². The summed E-state index contributed by atoms with van der Waals surface area (Å²) in [6, 6.07) is 0. The van der Waals surface area contributed by atoms with Crippen molar-refractivity contribution in [1.82, 2.24) is 0 Å². The number of rotatable bonds is 2. The van der Waals surface area contributed by atoms with E-state index in [9.17, 15) is 0 Å².